The van der Waals surface area contributed by atoms with Crippen molar-refractivity contribution in [3.05, 3.63) is 72.1 Å². The summed E-state index contributed by atoms with van der Waals surface area (Å²) >= 11 is 0. The molecule has 1 aliphatic carbocycles. The third-order valence-corrected chi connectivity index (χ3v) is 4.16. The first kappa shape index (κ1) is 13.9. The number of fused-ring (bicyclic) bond motifs is 1. The molecular formula is C19H17N3O. The van der Waals surface area contributed by atoms with Crippen molar-refractivity contribution in [2.24, 2.45) is 0 Å². The third kappa shape index (κ3) is 2.93. The highest BCUT2D eigenvalue weighted by atomic mass is 16.2. The van der Waals surface area contributed by atoms with Crippen LogP contribution in [0, 0.1) is 0 Å². The number of hydrogen-bond donors (Lipinski definition) is 0. The minimum absolute atomic E-state index is 0.0731. The number of benzene rings is 2. The molecule has 0 radical (unpaired) electrons. The van der Waals surface area contributed by atoms with Crippen LogP contribution < -0.4 is 0 Å². The first-order valence-corrected chi connectivity index (χ1v) is 7.87. The summed E-state index contributed by atoms with van der Waals surface area (Å²) in [4.78, 5) is 23.5. The highest BCUT2D eigenvalue weighted by Crippen LogP contribution is 2.30. The summed E-state index contributed by atoms with van der Waals surface area (Å²) in [5, 5.41) is 0. The summed E-state index contributed by atoms with van der Waals surface area (Å²) in [7, 11) is 0. The highest BCUT2D eigenvalue weighted by Gasteiger charge is 2.33. The molecule has 1 fully saturated rings. The number of carbonyl (C=O) groups excluding carboxylic acids is 1. The molecule has 0 atom stereocenters. The minimum atomic E-state index is 0.0731. The van der Waals surface area contributed by atoms with E-state index in [4.69, 9.17) is 0 Å². The molecule has 1 amide bonds. The van der Waals surface area contributed by atoms with Gasteiger partial charge in [0.2, 0.25) is 0 Å². The summed E-state index contributed by atoms with van der Waals surface area (Å²) in [5.74, 6) is 0.0731. The van der Waals surface area contributed by atoms with E-state index in [0.717, 1.165) is 29.4 Å². The Morgan fingerprint density at radius 2 is 1.74 bits per heavy atom. The molecule has 0 aliphatic heterocycles. The van der Waals surface area contributed by atoms with Crippen molar-refractivity contribution in [3.8, 4) is 0 Å². The lowest BCUT2D eigenvalue weighted by Crippen LogP contribution is -2.32. The van der Waals surface area contributed by atoms with E-state index >= 15 is 0 Å². The fourth-order valence-electron chi connectivity index (χ4n) is 2.80. The first-order chi connectivity index (χ1) is 11.3. The molecule has 1 heterocycles. The van der Waals surface area contributed by atoms with Gasteiger partial charge in [0.15, 0.2) is 0 Å². The van der Waals surface area contributed by atoms with Gasteiger partial charge in [-0.2, -0.15) is 0 Å². The fraction of sp³-hybridized carbons (Fsp3) is 0.211. The van der Waals surface area contributed by atoms with Crippen molar-refractivity contribution in [2.45, 2.75) is 25.4 Å². The number of aromatic nitrogens is 2. The lowest BCUT2D eigenvalue weighted by atomic mass is 10.1. The Balaban J connectivity index is 1.63. The van der Waals surface area contributed by atoms with Crippen LogP contribution in [0.4, 0.5) is 0 Å². The Morgan fingerprint density at radius 1 is 1.00 bits per heavy atom. The van der Waals surface area contributed by atoms with Crippen LogP contribution in [0.5, 0.6) is 0 Å². The molecular weight excluding hydrogens is 286 g/mol. The van der Waals surface area contributed by atoms with Crippen molar-refractivity contribution in [2.75, 3.05) is 0 Å². The summed E-state index contributed by atoms with van der Waals surface area (Å²) < 4.78 is 0. The van der Waals surface area contributed by atoms with Crippen molar-refractivity contribution < 1.29 is 4.79 Å². The molecule has 23 heavy (non-hydrogen) atoms. The van der Waals surface area contributed by atoms with Crippen molar-refractivity contribution >= 4 is 16.9 Å². The number of carbonyl (C=O) groups is 1. The molecule has 4 rings (SSSR count). The predicted octanol–water partition coefficient (Wildman–Crippen LogP) is 3.43. The largest absolute Gasteiger partial charge is 0.331 e. The topological polar surface area (TPSA) is 46.1 Å². The standard InChI is InChI=1S/C19H17N3O/c23-19(15-6-9-17-18(12-15)21-11-10-20-17)22(16-7-8-16)13-14-4-2-1-3-5-14/h1-6,9-12,16H,7-8,13H2. The summed E-state index contributed by atoms with van der Waals surface area (Å²) in [6.07, 6.45) is 5.49. The summed E-state index contributed by atoms with van der Waals surface area (Å²) in [6.45, 7) is 0.656. The zero-order chi connectivity index (χ0) is 15.6. The van der Waals surface area contributed by atoms with Crippen LogP contribution in [0.3, 0.4) is 0 Å². The molecule has 1 saturated carbocycles. The number of hydrogen-bond acceptors (Lipinski definition) is 3. The number of nitrogens with zero attached hydrogens (tertiary/aromatic N) is 3. The maximum atomic E-state index is 13.0. The molecule has 0 unspecified atom stereocenters. The summed E-state index contributed by atoms with van der Waals surface area (Å²) in [5.41, 5.74) is 3.41. The van der Waals surface area contributed by atoms with Gasteiger partial charge in [0.25, 0.3) is 5.91 Å². The van der Waals surface area contributed by atoms with Crippen molar-refractivity contribution in [3.63, 3.8) is 0 Å². The minimum Gasteiger partial charge on any atom is -0.331 e. The molecule has 2 aromatic carbocycles. The second kappa shape index (κ2) is 5.80. The van der Waals surface area contributed by atoms with Crippen LogP contribution in [0.1, 0.15) is 28.8 Å². The SMILES string of the molecule is O=C(c1ccc2nccnc2c1)N(Cc1ccccc1)C1CC1. The predicted molar refractivity (Wildman–Crippen MR) is 88.9 cm³/mol. The van der Waals surface area contributed by atoms with Gasteiger partial charge in [0, 0.05) is 30.5 Å². The van der Waals surface area contributed by atoms with E-state index in [1.165, 1.54) is 0 Å². The number of amides is 1. The Labute approximate surface area is 134 Å². The van der Waals surface area contributed by atoms with Crippen LogP contribution >= 0.6 is 0 Å². The van der Waals surface area contributed by atoms with Gasteiger partial charge in [-0.1, -0.05) is 30.3 Å². The highest BCUT2D eigenvalue weighted by molar-refractivity contribution is 5.97. The van der Waals surface area contributed by atoms with E-state index in [-0.39, 0.29) is 5.91 Å². The maximum Gasteiger partial charge on any atom is 0.254 e. The molecule has 0 bridgehead atoms. The molecule has 4 heteroatoms. The monoisotopic (exact) mass is 303 g/mol. The average molecular weight is 303 g/mol. The number of rotatable bonds is 4. The normalized spacial score (nSPS) is 13.9. The van der Waals surface area contributed by atoms with Gasteiger partial charge >= 0.3 is 0 Å². The molecule has 0 saturated heterocycles. The molecule has 3 aromatic rings. The van der Waals surface area contributed by atoms with Gasteiger partial charge < -0.3 is 4.90 Å². The van der Waals surface area contributed by atoms with Crippen LogP contribution in [-0.2, 0) is 6.54 Å². The van der Waals surface area contributed by atoms with Gasteiger partial charge in [-0.05, 0) is 36.6 Å². The van der Waals surface area contributed by atoms with Gasteiger partial charge in [0.1, 0.15) is 0 Å². The van der Waals surface area contributed by atoms with Crippen molar-refractivity contribution in [1.29, 1.82) is 0 Å². The quantitative estimate of drug-likeness (QED) is 0.742. The lowest BCUT2D eigenvalue weighted by Gasteiger charge is -2.22. The smallest absolute Gasteiger partial charge is 0.254 e. The Bertz CT molecular complexity index is 843. The lowest BCUT2D eigenvalue weighted by molar-refractivity contribution is 0.0730. The Morgan fingerprint density at radius 3 is 2.48 bits per heavy atom. The van der Waals surface area contributed by atoms with E-state index in [1.54, 1.807) is 12.4 Å². The zero-order valence-corrected chi connectivity index (χ0v) is 12.7. The molecule has 114 valence electrons. The maximum absolute atomic E-state index is 13.0. The van der Waals surface area contributed by atoms with Gasteiger partial charge in [-0.25, -0.2) is 0 Å². The second-order valence-corrected chi connectivity index (χ2v) is 5.91. The third-order valence-electron chi connectivity index (χ3n) is 4.16. The molecule has 1 aromatic heterocycles. The van der Waals surface area contributed by atoms with Crippen LogP contribution in [0.2, 0.25) is 0 Å². The van der Waals surface area contributed by atoms with Gasteiger partial charge in [0.05, 0.1) is 11.0 Å². The Kier molecular flexibility index (Phi) is 3.50. The second-order valence-electron chi connectivity index (χ2n) is 5.91. The van der Waals surface area contributed by atoms with E-state index in [0.29, 0.717) is 18.2 Å². The van der Waals surface area contributed by atoms with E-state index in [9.17, 15) is 4.79 Å². The summed E-state index contributed by atoms with van der Waals surface area (Å²) in [6, 6.07) is 16.1. The first-order valence-electron chi connectivity index (χ1n) is 7.87. The fourth-order valence-corrected chi connectivity index (χ4v) is 2.80. The van der Waals surface area contributed by atoms with Crippen LogP contribution in [0.25, 0.3) is 11.0 Å². The molecule has 0 N–H and O–H groups in total. The molecule has 4 nitrogen and oxygen atoms in total. The van der Waals surface area contributed by atoms with Gasteiger partial charge in [-0.15, -0.1) is 0 Å². The van der Waals surface area contributed by atoms with E-state index < -0.39 is 0 Å². The molecule has 1 aliphatic rings. The van der Waals surface area contributed by atoms with Crippen molar-refractivity contribution in [1.82, 2.24) is 14.9 Å². The molecule has 0 spiro atoms. The van der Waals surface area contributed by atoms with E-state index in [2.05, 4.69) is 22.1 Å². The Hall–Kier alpha value is -2.75. The van der Waals surface area contributed by atoms with Crippen LogP contribution in [0.15, 0.2) is 60.9 Å². The zero-order valence-electron chi connectivity index (χ0n) is 12.7. The van der Waals surface area contributed by atoms with Gasteiger partial charge in [-0.3, -0.25) is 14.8 Å². The van der Waals surface area contributed by atoms with E-state index in [1.807, 2.05) is 41.3 Å². The van der Waals surface area contributed by atoms with Crippen LogP contribution in [-0.4, -0.2) is 26.8 Å². The average Bonchev–Trinajstić information content (AvgIpc) is 3.44.